The van der Waals surface area contributed by atoms with Crippen LogP contribution in [0.1, 0.15) is 29.4 Å². The molecule has 1 N–H and O–H groups in total. The fourth-order valence-corrected chi connectivity index (χ4v) is 2.47. The molecule has 3 aromatic rings. The van der Waals surface area contributed by atoms with Gasteiger partial charge in [-0.25, -0.2) is 4.98 Å². The fraction of sp³-hybridized carbons (Fsp3) is 0.278. The van der Waals surface area contributed by atoms with Crippen LogP contribution in [0.25, 0.3) is 11.0 Å². The molecule has 0 aliphatic heterocycles. The molecule has 0 unspecified atom stereocenters. The summed E-state index contributed by atoms with van der Waals surface area (Å²) in [6.07, 6.45) is 3.05. The first-order valence-electron chi connectivity index (χ1n) is 7.27. The molecule has 0 radical (unpaired) electrons. The fourth-order valence-electron chi connectivity index (χ4n) is 2.47. The first-order valence-corrected chi connectivity index (χ1v) is 7.27. The van der Waals surface area contributed by atoms with Crippen LogP contribution in [0.4, 0.5) is 0 Å². The van der Waals surface area contributed by atoms with Gasteiger partial charge in [0.25, 0.3) is 0 Å². The average Bonchev–Trinajstić information content (AvgIpc) is 2.88. The maximum Gasteiger partial charge on any atom is 0.107 e. The number of nitrogens with zero attached hydrogens (tertiary/aromatic N) is 1. The number of imidazole rings is 1. The van der Waals surface area contributed by atoms with Gasteiger partial charge in [-0.3, -0.25) is 0 Å². The summed E-state index contributed by atoms with van der Waals surface area (Å²) in [6.45, 7) is 4.30. The number of hydrogen-bond donors (Lipinski definition) is 1. The number of hydrogen-bond acceptors (Lipinski definition) is 1. The molecule has 1 heterocycles. The Kier molecular flexibility index (Phi) is 3.55. The van der Waals surface area contributed by atoms with Gasteiger partial charge < -0.3 is 4.98 Å². The van der Waals surface area contributed by atoms with E-state index in [4.69, 9.17) is 0 Å². The molecular weight excluding hydrogens is 244 g/mol. The highest BCUT2D eigenvalue weighted by molar-refractivity contribution is 5.75. The highest BCUT2D eigenvalue weighted by Gasteiger charge is 2.04. The van der Waals surface area contributed by atoms with E-state index in [1.807, 2.05) is 0 Å². The maximum atomic E-state index is 4.67. The maximum absolute atomic E-state index is 4.67. The second kappa shape index (κ2) is 5.49. The Hall–Kier alpha value is -2.09. The third-order valence-corrected chi connectivity index (χ3v) is 3.77. The van der Waals surface area contributed by atoms with Crippen LogP contribution >= 0.6 is 0 Å². The van der Waals surface area contributed by atoms with Gasteiger partial charge in [-0.15, -0.1) is 0 Å². The van der Waals surface area contributed by atoms with E-state index in [1.165, 1.54) is 16.7 Å². The van der Waals surface area contributed by atoms with Crippen molar-refractivity contribution in [1.29, 1.82) is 0 Å². The number of nitrogens with one attached hydrogen (secondary N) is 1. The van der Waals surface area contributed by atoms with Crippen molar-refractivity contribution in [2.75, 3.05) is 0 Å². The van der Waals surface area contributed by atoms with Crippen molar-refractivity contribution in [3.05, 3.63) is 65.0 Å². The number of H-pyrrole nitrogens is 1. The van der Waals surface area contributed by atoms with Crippen LogP contribution in [0.5, 0.6) is 0 Å². The van der Waals surface area contributed by atoms with Crippen LogP contribution in [0.2, 0.25) is 0 Å². The summed E-state index contributed by atoms with van der Waals surface area (Å²) in [5.74, 6) is 1.08. The lowest BCUT2D eigenvalue weighted by Gasteiger charge is -1.99. The summed E-state index contributed by atoms with van der Waals surface area (Å²) in [5, 5.41) is 0. The summed E-state index contributed by atoms with van der Waals surface area (Å²) in [5.41, 5.74) is 6.26. The molecule has 0 amide bonds. The Morgan fingerprint density at radius 2 is 1.70 bits per heavy atom. The molecule has 0 bridgehead atoms. The molecule has 0 saturated heterocycles. The minimum Gasteiger partial charge on any atom is -0.342 e. The Balaban J connectivity index is 1.75. The molecule has 3 rings (SSSR count). The summed E-state index contributed by atoms with van der Waals surface area (Å²) in [4.78, 5) is 8.11. The van der Waals surface area contributed by atoms with Crippen LogP contribution in [0.15, 0.2) is 42.5 Å². The normalized spacial score (nSPS) is 11.1. The third kappa shape index (κ3) is 2.74. The van der Waals surface area contributed by atoms with Crippen molar-refractivity contribution in [2.45, 2.75) is 33.1 Å². The van der Waals surface area contributed by atoms with Gasteiger partial charge in [0, 0.05) is 6.42 Å². The SMILES string of the molecule is CCc1ccc2nc(CCc3ccc(C)cc3)[nH]c2c1. The Labute approximate surface area is 119 Å². The largest absolute Gasteiger partial charge is 0.342 e. The predicted molar refractivity (Wildman–Crippen MR) is 84.1 cm³/mol. The number of rotatable bonds is 4. The van der Waals surface area contributed by atoms with Crippen molar-refractivity contribution in [3.8, 4) is 0 Å². The van der Waals surface area contributed by atoms with Gasteiger partial charge in [-0.2, -0.15) is 0 Å². The van der Waals surface area contributed by atoms with E-state index in [0.29, 0.717) is 0 Å². The van der Waals surface area contributed by atoms with E-state index in [2.05, 4.69) is 66.3 Å². The molecule has 102 valence electrons. The van der Waals surface area contributed by atoms with Crippen molar-refractivity contribution in [2.24, 2.45) is 0 Å². The van der Waals surface area contributed by atoms with Crippen LogP contribution in [0.3, 0.4) is 0 Å². The second-order valence-electron chi connectivity index (χ2n) is 5.37. The van der Waals surface area contributed by atoms with Crippen LogP contribution in [-0.4, -0.2) is 9.97 Å². The zero-order valence-corrected chi connectivity index (χ0v) is 12.1. The van der Waals surface area contributed by atoms with E-state index < -0.39 is 0 Å². The smallest absolute Gasteiger partial charge is 0.107 e. The number of aryl methyl sites for hydroxylation is 4. The van der Waals surface area contributed by atoms with E-state index in [9.17, 15) is 0 Å². The molecule has 2 aromatic carbocycles. The quantitative estimate of drug-likeness (QED) is 0.751. The van der Waals surface area contributed by atoms with Gasteiger partial charge in [0.1, 0.15) is 5.82 Å². The molecule has 0 aliphatic carbocycles. The van der Waals surface area contributed by atoms with Crippen molar-refractivity contribution in [3.63, 3.8) is 0 Å². The van der Waals surface area contributed by atoms with Crippen molar-refractivity contribution in [1.82, 2.24) is 9.97 Å². The van der Waals surface area contributed by atoms with E-state index in [0.717, 1.165) is 36.1 Å². The zero-order chi connectivity index (χ0) is 13.9. The Morgan fingerprint density at radius 1 is 0.950 bits per heavy atom. The third-order valence-electron chi connectivity index (χ3n) is 3.77. The lowest BCUT2D eigenvalue weighted by atomic mass is 10.1. The highest BCUT2D eigenvalue weighted by atomic mass is 14.9. The van der Waals surface area contributed by atoms with Gasteiger partial charge in [-0.1, -0.05) is 42.8 Å². The van der Waals surface area contributed by atoms with Crippen molar-refractivity contribution < 1.29 is 0 Å². The molecular formula is C18H20N2. The van der Waals surface area contributed by atoms with E-state index in [1.54, 1.807) is 0 Å². The van der Waals surface area contributed by atoms with Crippen LogP contribution in [-0.2, 0) is 19.3 Å². The van der Waals surface area contributed by atoms with Crippen LogP contribution < -0.4 is 0 Å². The first kappa shape index (κ1) is 12.9. The van der Waals surface area contributed by atoms with Gasteiger partial charge in [0.2, 0.25) is 0 Å². The molecule has 0 atom stereocenters. The molecule has 0 aliphatic rings. The molecule has 2 nitrogen and oxygen atoms in total. The predicted octanol–water partition coefficient (Wildman–Crippen LogP) is 4.22. The summed E-state index contributed by atoms with van der Waals surface area (Å²) in [7, 11) is 0. The average molecular weight is 264 g/mol. The molecule has 0 spiro atoms. The van der Waals surface area contributed by atoms with E-state index in [-0.39, 0.29) is 0 Å². The van der Waals surface area contributed by atoms with Gasteiger partial charge in [0.05, 0.1) is 11.0 Å². The minimum atomic E-state index is 0.958. The second-order valence-corrected chi connectivity index (χ2v) is 5.37. The summed E-state index contributed by atoms with van der Waals surface area (Å²) >= 11 is 0. The summed E-state index contributed by atoms with van der Waals surface area (Å²) < 4.78 is 0. The molecule has 2 heteroatoms. The summed E-state index contributed by atoms with van der Waals surface area (Å²) in [6, 6.07) is 15.2. The van der Waals surface area contributed by atoms with Crippen LogP contribution in [0, 0.1) is 6.92 Å². The molecule has 20 heavy (non-hydrogen) atoms. The van der Waals surface area contributed by atoms with Gasteiger partial charge >= 0.3 is 0 Å². The Morgan fingerprint density at radius 3 is 2.45 bits per heavy atom. The molecule has 0 fully saturated rings. The van der Waals surface area contributed by atoms with Gasteiger partial charge in [-0.05, 0) is 43.0 Å². The van der Waals surface area contributed by atoms with Gasteiger partial charge in [0.15, 0.2) is 0 Å². The number of fused-ring (bicyclic) bond motifs is 1. The number of aromatic nitrogens is 2. The topological polar surface area (TPSA) is 28.7 Å². The standard InChI is InChI=1S/C18H20N2/c1-3-14-8-10-16-17(12-14)20-18(19-16)11-9-15-6-4-13(2)5-7-15/h4-8,10,12H,3,9,11H2,1-2H3,(H,19,20). The number of benzene rings is 2. The molecule has 0 saturated carbocycles. The van der Waals surface area contributed by atoms with E-state index >= 15 is 0 Å². The lowest BCUT2D eigenvalue weighted by Crippen LogP contribution is -1.93. The number of aromatic amines is 1. The Bertz CT molecular complexity index is 708. The zero-order valence-electron chi connectivity index (χ0n) is 12.1. The first-order chi connectivity index (χ1) is 9.74. The highest BCUT2D eigenvalue weighted by Crippen LogP contribution is 2.15. The monoisotopic (exact) mass is 264 g/mol. The lowest BCUT2D eigenvalue weighted by molar-refractivity contribution is 0.889. The molecule has 1 aromatic heterocycles. The van der Waals surface area contributed by atoms with Crippen molar-refractivity contribution >= 4 is 11.0 Å². The minimum absolute atomic E-state index is 0.958.